The molecule has 0 saturated heterocycles. The molecule has 1 rings (SSSR count). The number of benzene rings is 1. The molecule has 92 valence electrons. The summed E-state index contributed by atoms with van der Waals surface area (Å²) < 4.78 is 0.778. The third kappa shape index (κ3) is 4.07. The molecule has 1 aromatic rings. The van der Waals surface area contributed by atoms with Crippen LogP contribution in [-0.4, -0.2) is 25.0 Å². The SMILES string of the molecule is Cc1cccc(C(=O)NCCNC(N)=O)c1Br. The van der Waals surface area contributed by atoms with Crippen molar-refractivity contribution in [2.45, 2.75) is 6.92 Å². The summed E-state index contributed by atoms with van der Waals surface area (Å²) >= 11 is 3.36. The molecule has 4 N–H and O–H groups in total. The minimum absolute atomic E-state index is 0.188. The van der Waals surface area contributed by atoms with Crippen molar-refractivity contribution in [1.29, 1.82) is 0 Å². The Bertz CT molecular complexity index is 435. The molecule has 0 atom stereocenters. The molecule has 0 aliphatic carbocycles. The summed E-state index contributed by atoms with van der Waals surface area (Å²) in [7, 11) is 0. The zero-order valence-corrected chi connectivity index (χ0v) is 11.0. The van der Waals surface area contributed by atoms with Crippen LogP contribution in [0.25, 0.3) is 0 Å². The predicted octanol–water partition coefficient (Wildman–Crippen LogP) is 1.16. The number of hydrogen-bond donors (Lipinski definition) is 3. The van der Waals surface area contributed by atoms with E-state index < -0.39 is 6.03 Å². The number of aryl methyl sites for hydroxylation is 1. The molecule has 0 bridgehead atoms. The smallest absolute Gasteiger partial charge is 0.312 e. The topological polar surface area (TPSA) is 84.2 Å². The van der Waals surface area contributed by atoms with E-state index in [0.717, 1.165) is 10.0 Å². The zero-order chi connectivity index (χ0) is 12.8. The number of carbonyl (C=O) groups is 2. The third-order valence-electron chi connectivity index (χ3n) is 2.15. The lowest BCUT2D eigenvalue weighted by Crippen LogP contribution is -2.37. The first-order valence-electron chi connectivity index (χ1n) is 5.09. The Morgan fingerprint density at radius 2 is 1.94 bits per heavy atom. The molecule has 5 nitrogen and oxygen atoms in total. The number of primary amides is 1. The van der Waals surface area contributed by atoms with Crippen LogP contribution in [0.5, 0.6) is 0 Å². The van der Waals surface area contributed by atoms with Crippen LogP contribution in [-0.2, 0) is 0 Å². The van der Waals surface area contributed by atoms with Gasteiger partial charge in [0, 0.05) is 17.6 Å². The molecular weight excluding hydrogens is 286 g/mol. The van der Waals surface area contributed by atoms with Crippen LogP contribution < -0.4 is 16.4 Å². The maximum absolute atomic E-state index is 11.8. The van der Waals surface area contributed by atoms with Crippen LogP contribution in [0.2, 0.25) is 0 Å². The van der Waals surface area contributed by atoms with Crippen molar-refractivity contribution < 1.29 is 9.59 Å². The molecule has 17 heavy (non-hydrogen) atoms. The molecule has 0 aliphatic heterocycles. The van der Waals surface area contributed by atoms with Crippen LogP contribution in [0.4, 0.5) is 4.79 Å². The fourth-order valence-corrected chi connectivity index (χ4v) is 1.72. The average molecular weight is 300 g/mol. The van der Waals surface area contributed by atoms with E-state index in [-0.39, 0.29) is 5.91 Å². The van der Waals surface area contributed by atoms with Crippen LogP contribution in [0.15, 0.2) is 22.7 Å². The summed E-state index contributed by atoms with van der Waals surface area (Å²) in [6.07, 6.45) is 0. The molecule has 0 fully saturated rings. The predicted molar refractivity (Wildman–Crippen MR) is 68.8 cm³/mol. The Hall–Kier alpha value is -1.56. The standard InChI is InChI=1S/C11H14BrN3O2/c1-7-3-2-4-8(9(7)12)10(16)14-5-6-15-11(13)17/h2-4H,5-6H2,1H3,(H,14,16)(H3,13,15,17). The number of urea groups is 1. The number of rotatable bonds is 4. The fraction of sp³-hybridized carbons (Fsp3) is 0.273. The van der Waals surface area contributed by atoms with Crippen molar-refractivity contribution in [3.05, 3.63) is 33.8 Å². The first kappa shape index (κ1) is 13.5. The van der Waals surface area contributed by atoms with Gasteiger partial charge >= 0.3 is 6.03 Å². The fourth-order valence-electron chi connectivity index (χ4n) is 1.28. The van der Waals surface area contributed by atoms with Gasteiger partial charge in [-0.05, 0) is 34.5 Å². The van der Waals surface area contributed by atoms with Gasteiger partial charge in [0.05, 0.1) is 5.56 Å². The van der Waals surface area contributed by atoms with Gasteiger partial charge in [0.15, 0.2) is 0 Å². The van der Waals surface area contributed by atoms with E-state index in [1.165, 1.54) is 0 Å². The van der Waals surface area contributed by atoms with Gasteiger partial charge in [-0.3, -0.25) is 4.79 Å². The number of nitrogens with two attached hydrogens (primary N) is 1. The van der Waals surface area contributed by atoms with Gasteiger partial charge in [0.1, 0.15) is 0 Å². The van der Waals surface area contributed by atoms with Crippen LogP contribution >= 0.6 is 15.9 Å². The van der Waals surface area contributed by atoms with E-state index in [2.05, 4.69) is 26.6 Å². The summed E-state index contributed by atoms with van der Waals surface area (Å²) in [5, 5.41) is 5.07. The number of hydrogen-bond acceptors (Lipinski definition) is 2. The lowest BCUT2D eigenvalue weighted by molar-refractivity contribution is 0.0953. The summed E-state index contributed by atoms with van der Waals surface area (Å²) in [6, 6.07) is 4.86. The zero-order valence-electron chi connectivity index (χ0n) is 9.42. The Morgan fingerprint density at radius 1 is 1.29 bits per heavy atom. The summed E-state index contributed by atoms with van der Waals surface area (Å²) in [5.74, 6) is -0.188. The summed E-state index contributed by atoms with van der Waals surface area (Å²) in [4.78, 5) is 22.2. The number of amides is 3. The van der Waals surface area contributed by atoms with Crippen molar-refractivity contribution >= 4 is 27.9 Å². The second kappa shape index (κ2) is 6.24. The minimum Gasteiger partial charge on any atom is -0.352 e. The highest BCUT2D eigenvalue weighted by Crippen LogP contribution is 2.20. The molecule has 0 radical (unpaired) electrons. The Morgan fingerprint density at radius 3 is 2.59 bits per heavy atom. The Kier molecular flexibility index (Phi) is 4.96. The number of halogens is 1. The molecule has 0 saturated carbocycles. The molecule has 0 unspecified atom stereocenters. The van der Waals surface area contributed by atoms with Gasteiger partial charge in [-0.2, -0.15) is 0 Å². The maximum Gasteiger partial charge on any atom is 0.312 e. The van der Waals surface area contributed by atoms with E-state index in [1.807, 2.05) is 19.1 Å². The molecule has 0 heterocycles. The van der Waals surface area contributed by atoms with Crippen molar-refractivity contribution in [3.8, 4) is 0 Å². The van der Waals surface area contributed by atoms with E-state index >= 15 is 0 Å². The Labute approximate surface area is 108 Å². The number of carbonyl (C=O) groups excluding carboxylic acids is 2. The van der Waals surface area contributed by atoms with E-state index in [0.29, 0.717) is 18.7 Å². The third-order valence-corrected chi connectivity index (χ3v) is 3.20. The average Bonchev–Trinajstić information content (AvgIpc) is 2.27. The Balaban J connectivity index is 2.53. The summed E-state index contributed by atoms with van der Waals surface area (Å²) in [6.45, 7) is 2.56. The molecule has 6 heteroatoms. The summed E-state index contributed by atoms with van der Waals surface area (Å²) in [5.41, 5.74) is 6.46. The van der Waals surface area contributed by atoms with Gasteiger partial charge < -0.3 is 16.4 Å². The van der Waals surface area contributed by atoms with Gasteiger partial charge in [-0.1, -0.05) is 12.1 Å². The van der Waals surface area contributed by atoms with Gasteiger partial charge in [-0.25, -0.2) is 4.79 Å². The van der Waals surface area contributed by atoms with Crippen LogP contribution in [0, 0.1) is 6.92 Å². The molecule has 0 aliphatic rings. The van der Waals surface area contributed by atoms with Crippen molar-refractivity contribution in [1.82, 2.24) is 10.6 Å². The largest absolute Gasteiger partial charge is 0.352 e. The number of nitrogens with one attached hydrogen (secondary N) is 2. The second-order valence-electron chi connectivity index (χ2n) is 3.48. The quantitative estimate of drug-likeness (QED) is 0.729. The lowest BCUT2D eigenvalue weighted by atomic mass is 10.1. The normalized spacial score (nSPS) is 9.76. The van der Waals surface area contributed by atoms with Crippen LogP contribution in [0.3, 0.4) is 0 Å². The van der Waals surface area contributed by atoms with E-state index in [1.54, 1.807) is 6.07 Å². The lowest BCUT2D eigenvalue weighted by Gasteiger charge is -2.08. The molecule has 1 aromatic carbocycles. The molecule has 0 aromatic heterocycles. The highest BCUT2D eigenvalue weighted by atomic mass is 79.9. The monoisotopic (exact) mass is 299 g/mol. The second-order valence-corrected chi connectivity index (χ2v) is 4.28. The molecular formula is C11H14BrN3O2. The minimum atomic E-state index is -0.601. The van der Waals surface area contributed by atoms with Crippen LogP contribution in [0.1, 0.15) is 15.9 Å². The van der Waals surface area contributed by atoms with E-state index in [4.69, 9.17) is 5.73 Å². The molecule has 3 amide bonds. The highest BCUT2D eigenvalue weighted by molar-refractivity contribution is 9.10. The van der Waals surface area contributed by atoms with Crippen molar-refractivity contribution in [3.63, 3.8) is 0 Å². The van der Waals surface area contributed by atoms with Crippen molar-refractivity contribution in [2.75, 3.05) is 13.1 Å². The molecule has 0 spiro atoms. The van der Waals surface area contributed by atoms with Gasteiger partial charge in [0.2, 0.25) is 0 Å². The van der Waals surface area contributed by atoms with Crippen molar-refractivity contribution in [2.24, 2.45) is 5.73 Å². The van der Waals surface area contributed by atoms with Gasteiger partial charge in [0.25, 0.3) is 5.91 Å². The van der Waals surface area contributed by atoms with Gasteiger partial charge in [-0.15, -0.1) is 0 Å². The maximum atomic E-state index is 11.8. The highest BCUT2D eigenvalue weighted by Gasteiger charge is 2.10. The van der Waals surface area contributed by atoms with E-state index in [9.17, 15) is 9.59 Å². The first-order chi connectivity index (χ1) is 8.02. The first-order valence-corrected chi connectivity index (χ1v) is 5.88.